The molecule has 0 bridgehead atoms. The molecule has 0 aliphatic carbocycles. The summed E-state index contributed by atoms with van der Waals surface area (Å²) in [5.74, 6) is -0.508. The number of aryl methyl sites for hydroxylation is 2. The number of ether oxygens (including phenoxy) is 1. The number of rotatable bonds is 6. The molecule has 120 valence electrons. The highest BCUT2D eigenvalue weighted by Gasteiger charge is 2.06. The maximum absolute atomic E-state index is 11.8. The summed E-state index contributed by atoms with van der Waals surface area (Å²) in [6.45, 7) is 4.20. The maximum atomic E-state index is 11.8. The molecular weight excluding hydrogens is 294 g/mol. The zero-order valence-electron chi connectivity index (χ0n) is 13.1. The zero-order chi connectivity index (χ0) is 16.8. The van der Waals surface area contributed by atoms with Crippen LogP contribution in [0, 0.1) is 13.8 Å². The molecule has 0 aliphatic rings. The molecule has 0 saturated carbocycles. The zero-order valence-corrected chi connectivity index (χ0v) is 13.1. The Balaban J connectivity index is 1.82. The van der Waals surface area contributed by atoms with Gasteiger partial charge in [-0.1, -0.05) is 29.8 Å². The third kappa shape index (κ3) is 4.85. The Kier molecular flexibility index (Phi) is 5.36. The minimum absolute atomic E-state index is 0.0584. The Bertz CT molecular complexity index is 707. The standard InChI is InChI=1S/C18H19NO4/c1-12-3-8-16(13(2)9-12)23-11-17(20)19-10-14-4-6-15(7-5-14)18(21)22/h3-9H,10-11H2,1-2H3,(H,19,20)(H,21,22). The SMILES string of the molecule is Cc1ccc(OCC(=O)NCc2ccc(C(=O)O)cc2)c(C)c1. The predicted octanol–water partition coefficient (Wildman–Crippen LogP) is 2.70. The van der Waals surface area contributed by atoms with Crippen molar-refractivity contribution in [3.05, 3.63) is 64.7 Å². The lowest BCUT2D eigenvalue weighted by atomic mass is 10.1. The quantitative estimate of drug-likeness (QED) is 0.860. The van der Waals surface area contributed by atoms with Crippen molar-refractivity contribution in [2.75, 3.05) is 6.61 Å². The van der Waals surface area contributed by atoms with Crippen molar-refractivity contribution in [3.63, 3.8) is 0 Å². The lowest BCUT2D eigenvalue weighted by Gasteiger charge is -2.10. The number of nitrogens with one attached hydrogen (secondary N) is 1. The number of carboxylic acid groups (broad SMARTS) is 1. The number of carbonyl (C=O) groups is 2. The van der Waals surface area contributed by atoms with Crippen molar-refractivity contribution in [3.8, 4) is 5.75 Å². The van der Waals surface area contributed by atoms with Crippen LogP contribution in [0.15, 0.2) is 42.5 Å². The van der Waals surface area contributed by atoms with E-state index in [0.29, 0.717) is 12.3 Å². The molecule has 5 heteroatoms. The molecule has 0 aromatic heterocycles. The van der Waals surface area contributed by atoms with Gasteiger partial charge in [0.25, 0.3) is 5.91 Å². The Hall–Kier alpha value is -2.82. The number of carbonyl (C=O) groups excluding carboxylic acids is 1. The fourth-order valence-electron chi connectivity index (χ4n) is 2.12. The number of benzene rings is 2. The number of hydrogen-bond donors (Lipinski definition) is 2. The minimum Gasteiger partial charge on any atom is -0.484 e. The van der Waals surface area contributed by atoms with Gasteiger partial charge in [-0.25, -0.2) is 4.79 Å². The second-order valence-electron chi connectivity index (χ2n) is 5.34. The molecule has 0 unspecified atom stereocenters. The fraction of sp³-hybridized carbons (Fsp3) is 0.222. The van der Waals surface area contributed by atoms with E-state index in [4.69, 9.17) is 9.84 Å². The summed E-state index contributed by atoms with van der Waals surface area (Å²) in [4.78, 5) is 22.6. The Morgan fingerprint density at radius 2 is 1.78 bits per heavy atom. The number of aromatic carboxylic acids is 1. The molecular formula is C18H19NO4. The first-order chi connectivity index (χ1) is 11.0. The van der Waals surface area contributed by atoms with Crippen molar-refractivity contribution in [2.45, 2.75) is 20.4 Å². The summed E-state index contributed by atoms with van der Waals surface area (Å²) in [6, 6.07) is 12.2. The summed E-state index contributed by atoms with van der Waals surface area (Å²) in [7, 11) is 0. The second kappa shape index (κ2) is 7.45. The van der Waals surface area contributed by atoms with Crippen LogP contribution >= 0.6 is 0 Å². The Morgan fingerprint density at radius 3 is 2.39 bits per heavy atom. The second-order valence-corrected chi connectivity index (χ2v) is 5.34. The molecule has 2 rings (SSSR count). The summed E-state index contributed by atoms with van der Waals surface area (Å²) in [5, 5.41) is 11.6. The lowest BCUT2D eigenvalue weighted by molar-refractivity contribution is -0.123. The van der Waals surface area contributed by atoms with Crippen molar-refractivity contribution < 1.29 is 19.4 Å². The first kappa shape index (κ1) is 16.5. The Labute approximate surface area is 134 Å². The number of amides is 1. The van der Waals surface area contributed by atoms with E-state index in [-0.39, 0.29) is 18.1 Å². The van der Waals surface area contributed by atoms with E-state index < -0.39 is 5.97 Å². The molecule has 5 nitrogen and oxygen atoms in total. The van der Waals surface area contributed by atoms with Crippen molar-refractivity contribution >= 4 is 11.9 Å². The van der Waals surface area contributed by atoms with E-state index in [1.54, 1.807) is 12.1 Å². The van der Waals surface area contributed by atoms with Crippen LogP contribution in [0.2, 0.25) is 0 Å². The van der Waals surface area contributed by atoms with E-state index in [0.717, 1.165) is 16.7 Å². The molecule has 0 aliphatic heterocycles. The summed E-state index contributed by atoms with van der Waals surface area (Å²) >= 11 is 0. The molecule has 0 saturated heterocycles. The van der Waals surface area contributed by atoms with Gasteiger partial charge in [-0.2, -0.15) is 0 Å². The highest BCUT2D eigenvalue weighted by atomic mass is 16.5. The normalized spacial score (nSPS) is 10.2. The van der Waals surface area contributed by atoms with Gasteiger partial charge in [0.15, 0.2) is 6.61 Å². The molecule has 0 radical (unpaired) electrons. The van der Waals surface area contributed by atoms with E-state index >= 15 is 0 Å². The molecule has 0 fully saturated rings. The van der Waals surface area contributed by atoms with Crippen molar-refractivity contribution in [1.29, 1.82) is 0 Å². The van der Waals surface area contributed by atoms with Gasteiger partial charge in [-0.15, -0.1) is 0 Å². The maximum Gasteiger partial charge on any atom is 0.335 e. The largest absolute Gasteiger partial charge is 0.484 e. The van der Waals surface area contributed by atoms with Gasteiger partial charge in [-0.3, -0.25) is 4.79 Å². The minimum atomic E-state index is -0.970. The average molecular weight is 313 g/mol. The predicted molar refractivity (Wildman–Crippen MR) is 86.7 cm³/mol. The number of hydrogen-bond acceptors (Lipinski definition) is 3. The molecule has 0 spiro atoms. The topological polar surface area (TPSA) is 75.6 Å². The highest BCUT2D eigenvalue weighted by Crippen LogP contribution is 2.18. The molecule has 23 heavy (non-hydrogen) atoms. The van der Waals surface area contributed by atoms with Crippen LogP contribution in [-0.2, 0) is 11.3 Å². The third-order valence-electron chi connectivity index (χ3n) is 3.38. The van der Waals surface area contributed by atoms with Crippen LogP contribution in [-0.4, -0.2) is 23.6 Å². The molecule has 2 aromatic rings. The smallest absolute Gasteiger partial charge is 0.335 e. The average Bonchev–Trinajstić information content (AvgIpc) is 2.52. The van der Waals surface area contributed by atoms with Crippen LogP contribution in [0.1, 0.15) is 27.0 Å². The number of carboxylic acids is 1. The highest BCUT2D eigenvalue weighted by molar-refractivity contribution is 5.87. The molecule has 0 atom stereocenters. The fourth-order valence-corrected chi connectivity index (χ4v) is 2.12. The van der Waals surface area contributed by atoms with E-state index in [9.17, 15) is 9.59 Å². The van der Waals surface area contributed by atoms with Crippen LogP contribution in [0.25, 0.3) is 0 Å². The van der Waals surface area contributed by atoms with Gasteiger partial charge in [-0.05, 0) is 43.2 Å². The van der Waals surface area contributed by atoms with Crippen LogP contribution in [0.4, 0.5) is 0 Å². The molecule has 2 aromatic carbocycles. The van der Waals surface area contributed by atoms with E-state index in [2.05, 4.69) is 5.32 Å². The lowest BCUT2D eigenvalue weighted by Crippen LogP contribution is -2.28. The molecule has 2 N–H and O–H groups in total. The monoisotopic (exact) mass is 313 g/mol. The van der Waals surface area contributed by atoms with E-state index in [1.807, 2.05) is 32.0 Å². The van der Waals surface area contributed by atoms with Crippen molar-refractivity contribution in [2.24, 2.45) is 0 Å². The van der Waals surface area contributed by atoms with Crippen LogP contribution in [0.5, 0.6) is 5.75 Å². The van der Waals surface area contributed by atoms with Gasteiger partial charge in [0.05, 0.1) is 5.56 Å². The van der Waals surface area contributed by atoms with Gasteiger partial charge < -0.3 is 15.2 Å². The van der Waals surface area contributed by atoms with Gasteiger partial charge in [0, 0.05) is 6.54 Å². The molecule has 0 heterocycles. The Morgan fingerprint density at radius 1 is 1.09 bits per heavy atom. The summed E-state index contributed by atoms with van der Waals surface area (Å²) in [6.07, 6.45) is 0. The van der Waals surface area contributed by atoms with Crippen LogP contribution in [0.3, 0.4) is 0 Å². The van der Waals surface area contributed by atoms with Gasteiger partial charge in [0.1, 0.15) is 5.75 Å². The third-order valence-corrected chi connectivity index (χ3v) is 3.38. The van der Waals surface area contributed by atoms with Crippen molar-refractivity contribution in [1.82, 2.24) is 5.32 Å². The first-order valence-corrected chi connectivity index (χ1v) is 7.24. The van der Waals surface area contributed by atoms with Crippen LogP contribution < -0.4 is 10.1 Å². The van der Waals surface area contributed by atoms with Gasteiger partial charge in [0.2, 0.25) is 0 Å². The summed E-state index contributed by atoms with van der Waals surface area (Å²) in [5.41, 5.74) is 3.18. The van der Waals surface area contributed by atoms with E-state index in [1.165, 1.54) is 12.1 Å². The molecule has 1 amide bonds. The first-order valence-electron chi connectivity index (χ1n) is 7.24. The summed E-state index contributed by atoms with van der Waals surface area (Å²) < 4.78 is 5.50. The van der Waals surface area contributed by atoms with Gasteiger partial charge >= 0.3 is 5.97 Å².